The summed E-state index contributed by atoms with van der Waals surface area (Å²) in [4.78, 5) is 20.7. The molecule has 2 aliphatic rings. The lowest BCUT2D eigenvalue weighted by atomic mass is 10.2. The third-order valence-electron chi connectivity index (χ3n) is 3.75. The van der Waals surface area contributed by atoms with Gasteiger partial charge in [0.05, 0.1) is 0 Å². The Morgan fingerprint density at radius 3 is 3.05 bits per heavy atom. The topological polar surface area (TPSA) is 36.2 Å². The maximum Gasteiger partial charge on any atom is 0.241 e. The molecule has 0 radical (unpaired) electrons. The first-order valence-corrected chi connectivity index (χ1v) is 6.92. The second kappa shape index (κ2) is 5.53. The molecule has 0 spiro atoms. The van der Waals surface area contributed by atoms with Gasteiger partial charge in [0.2, 0.25) is 5.91 Å². The number of amides is 1. The third kappa shape index (κ3) is 3.01. The Balaban J connectivity index is 1.46. The third-order valence-corrected chi connectivity index (χ3v) is 3.75. The Labute approximate surface area is 113 Å². The molecule has 0 aliphatic carbocycles. The smallest absolute Gasteiger partial charge is 0.241 e. The van der Waals surface area contributed by atoms with Gasteiger partial charge in [0.1, 0.15) is 6.04 Å². The molecule has 2 unspecified atom stereocenters. The molecule has 19 heavy (non-hydrogen) atoms. The number of carbonyl (C=O) groups is 1. The predicted octanol–water partition coefficient (Wildman–Crippen LogP) is 1.10. The van der Waals surface area contributed by atoms with Crippen LogP contribution in [0.3, 0.4) is 0 Å². The van der Waals surface area contributed by atoms with Crippen LogP contribution in [0.5, 0.6) is 0 Å². The molecule has 100 valence electrons. The monoisotopic (exact) mass is 257 g/mol. The lowest BCUT2D eigenvalue weighted by Gasteiger charge is -2.23. The van der Waals surface area contributed by atoms with Crippen LogP contribution in [0.4, 0.5) is 0 Å². The van der Waals surface area contributed by atoms with Crippen LogP contribution in [0, 0.1) is 0 Å². The zero-order valence-corrected chi connectivity index (χ0v) is 11.0. The number of nitrogens with zero attached hydrogens (tertiary/aromatic N) is 3. The largest absolute Gasteiger partial charge is 0.337 e. The fraction of sp³-hybridized carbons (Fsp3) is 0.467. The Kier molecular flexibility index (Phi) is 3.60. The van der Waals surface area contributed by atoms with Crippen molar-refractivity contribution in [2.45, 2.75) is 18.9 Å². The van der Waals surface area contributed by atoms with Gasteiger partial charge in [-0.2, -0.15) is 0 Å². The van der Waals surface area contributed by atoms with Gasteiger partial charge in [0, 0.05) is 44.5 Å². The van der Waals surface area contributed by atoms with Gasteiger partial charge in [-0.1, -0.05) is 18.2 Å². The van der Waals surface area contributed by atoms with E-state index in [0.29, 0.717) is 5.91 Å². The summed E-state index contributed by atoms with van der Waals surface area (Å²) >= 11 is 0. The summed E-state index contributed by atoms with van der Waals surface area (Å²) in [6.45, 7) is 3.49. The van der Waals surface area contributed by atoms with Crippen molar-refractivity contribution in [1.82, 2.24) is 14.8 Å². The quantitative estimate of drug-likeness (QED) is 0.598. The number of carbonyl (C=O) groups excluding carboxylic acids is 1. The van der Waals surface area contributed by atoms with Crippen LogP contribution < -0.4 is 0 Å². The molecule has 4 heteroatoms. The Bertz CT molecular complexity index is 472. The molecule has 1 amide bonds. The standard InChI is InChI=1S/C15H19N3O/c19-15(17-9-4-1-5-10-17)14-12-18(14)11-7-13-6-2-3-8-16-13/h1-4,6,8,14H,5,7,9-12H2. The normalized spacial score (nSPS) is 25.4. The number of pyridine rings is 1. The highest BCUT2D eigenvalue weighted by molar-refractivity contribution is 5.85. The van der Waals surface area contributed by atoms with Crippen LogP contribution in [0.1, 0.15) is 12.1 Å². The molecule has 4 nitrogen and oxygen atoms in total. The number of hydrogen-bond donors (Lipinski definition) is 0. The molecule has 2 atom stereocenters. The first-order chi connectivity index (χ1) is 9.34. The van der Waals surface area contributed by atoms with Crippen molar-refractivity contribution in [2.75, 3.05) is 26.2 Å². The van der Waals surface area contributed by atoms with Crippen molar-refractivity contribution < 1.29 is 4.79 Å². The summed E-state index contributed by atoms with van der Waals surface area (Å²) in [5.74, 6) is 0.297. The van der Waals surface area contributed by atoms with Crippen molar-refractivity contribution >= 4 is 5.91 Å². The second-order valence-corrected chi connectivity index (χ2v) is 5.13. The van der Waals surface area contributed by atoms with E-state index in [1.807, 2.05) is 29.3 Å². The van der Waals surface area contributed by atoms with E-state index in [2.05, 4.69) is 22.0 Å². The van der Waals surface area contributed by atoms with E-state index in [0.717, 1.165) is 44.7 Å². The first kappa shape index (κ1) is 12.4. The van der Waals surface area contributed by atoms with Gasteiger partial charge in [-0.05, 0) is 18.6 Å². The molecule has 3 heterocycles. The van der Waals surface area contributed by atoms with Crippen molar-refractivity contribution in [1.29, 1.82) is 0 Å². The predicted molar refractivity (Wildman–Crippen MR) is 73.6 cm³/mol. The van der Waals surface area contributed by atoms with Crippen LogP contribution >= 0.6 is 0 Å². The molecule has 2 aliphatic heterocycles. The summed E-state index contributed by atoms with van der Waals surface area (Å²) in [5.41, 5.74) is 1.10. The molecule has 1 aromatic heterocycles. The molecule has 1 fully saturated rings. The zero-order chi connectivity index (χ0) is 13.1. The van der Waals surface area contributed by atoms with Crippen LogP contribution in [-0.2, 0) is 11.2 Å². The highest BCUT2D eigenvalue weighted by Gasteiger charge is 2.41. The molecular formula is C15H19N3O. The van der Waals surface area contributed by atoms with Gasteiger partial charge in [-0.15, -0.1) is 0 Å². The second-order valence-electron chi connectivity index (χ2n) is 5.13. The van der Waals surface area contributed by atoms with Crippen molar-refractivity contribution in [3.05, 3.63) is 42.2 Å². The maximum absolute atomic E-state index is 12.2. The average Bonchev–Trinajstić information content (AvgIpc) is 3.26. The van der Waals surface area contributed by atoms with Gasteiger partial charge in [-0.3, -0.25) is 14.7 Å². The van der Waals surface area contributed by atoms with E-state index in [1.165, 1.54) is 0 Å². The molecule has 1 aromatic rings. The SMILES string of the molecule is O=C(C1CN1CCc1ccccn1)N1CC=CCC1. The minimum atomic E-state index is 0.121. The van der Waals surface area contributed by atoms with Crippen LogP contribution in [-0.4, -0.2) is 52.9 Å². The van der Waals surface area contributed by atoms with Crippen LogP contribution in [0.2, 0.25) is 0 Å². The molecule has 1 saturated heterocycles. The molecule has 0 aromatic carbocycles. The number of hydrogen-bond acceptors (Lipinski definition) is 3. The molecule has 0 N–H and O–H groups in total. The minimum Gasteiger partial charge on any atom is -0.337 e. The lowest BCUT2D eigenvalue weighted by Crippen LogP contribution is -2.38. The Hall–Kier alpha value is -1.68. The van der Waals surface area contributed by atoms with Crippen LogP contribution in [0.15, 0.2) is 36.5 Å². The van der Waals surface area contributed by atoms with E-state index in [1.54, 1.807) is 0 Å². The van der Waals surface area contributed by atoms with E-state index in [4.69, 9.17) is 0 Å². The number of aromatic nitrogens is 1. The Morgan fingerprint density at radius 1 is 1.37 bits per heavy atom. The van der Waals surface area contributed by atoms with E-state index >= 15 is 0 Å². The van der Waals surface area contributed by atoms with Gasteiger partial charge < -0.3 is 4.90 Å². The molecule has 0 bridgehead atoms. The summed E-state index contributed by atoms with van der Waals surface area (Å²) < 4.78 is 0. The first-order valence-electron chi connectivity index (χ1n) is 6.92. The van der Waals surface area contributed by atoms with Gasteiger partial charge in [0.25, 0.3) is 0 Å². The molecule has 3 rings (SSSR count). The minimum absolute atomic E-state index is 0.121. The van der Waals surface area contributed by atoms with Gasteiger partial charge in [0.15, 0.2) is 0 Å². The van der Waals surface area contributed by atoms with Crippen molar-refractivity contribution in [2.24, 2.45) is 0 Å². The zero-order valence-electron chi connectivity index (χ0n) is 11.0. The van der Waals surface area contributed by atoms with E-state index in [-0.39, 0.29) is 6.04 Å². The van der Waals surface area contributed by atoms with E-state index < -0.39 is 0 Å². The highest BCUT2D eigenvalue weighted by atomic mass is 16.2. The average molecular weight is 257 g/mol. The molecule has 0 saturated carbocycles. The number of rotatable bonds is 4. The van der Waals surface area contributed by atoms with Crippen LogP contribution in [0.25, 0.3) is 0 Å². The van der Waals surface area contributed by atoms with Crippen molar-refractivity contribution in [3.63, 3.8) is 0 Å². The fourth-order valence-electron chi connectivity index (χ4n) is 2.51. The Morgan fingerprint density at radius 2 is 2.32 bits per heavy atom. The lowest BCUT2D eigenvalue weighted by molar-refractivity contribution is -0.131. The highest BCUT2D eigenvalue weighted by Crippen LogP contribution is 2.21. The van der Waals surface area contributed by atoms with Gasteiger partial charge >= 0.3 is 0 Å². The summed E-state index contributed by atoms with van der Waals surface area (Å²) in [7, 11) is 0. The maximum atomic E-state index is 12.2. The van der Waals surface area contributed by atoms with Crippen molar-refractivity contribution in [3.8, 4) is 0 Å². The fourth-order valence-corrected chi connectivity index (χ4v) is 2.51. The summed E-state index contributed by atoms with van der Waals surface area (Å²) in [6.07, 6.45) is 7.97. The van der Waals surface area contributed by atoms with E-state index in [9.17, 15) is 4.79 Å². The van der Waals surface area contributed by atoms with Gasteiger partial charge in [-0.25, -0.2) is 0 Å². The summed E-state index contributed by atoms with van der Waals surface area (Å²) in [5, 5.41) is 0. The summed E-state index contributed by atoms with van der Waals surface area (Å²) in [6, 6.07) is 6.09. The molecular weight excluding hydrogens is 238 g/mol.